The van der Waals surface area contributed by atoms with Crippen molar-refractivity contribution in [3.8, 4) is 0 Å². The number of hydrogen-bond acceptors (Lipinski definition) is 4. The lowest BCUT2D eigenvalue weighted by molar-refractivity contribution is -0.168. The molecule has 0 spiro atoms. The number of rotatable bonds is 2. The molecule has 148 valence electrons. The summed E-state index contributed by atoms with van der Waals surface area (Å²) in [5, 5.41) is 20.8. The molecule has 4 nitrogen and oxygen atoms in total. The molecule has 0 unspecified atom stereocenters. The summed E-state index contributed by atoms with van der Waals surface area (Å²) in [4.78, 5) is 24.5. The third-order valence-corrected chi connectivity index (χ3v) is 9.03. The van der Waals surface area contributed by atoms with Crippen LogP contribution < -0.4 is 0 Å². The number of carbonyl (C=O) groups excluding carboxylic acids is 2. The molecule has 4 aliphatic carbocycles. The van der Waals surface area contributed by atoms with Crippen LogP contribution in [0.5, 0.6) is 0 Å². The second-order valence-corrected chi connectivity index (χ2v) is 10.2. The Hall–Kier alpha value is -0.970. The summed E-state index contributed by atoms with van der Waals surface area (Å²) in [5.41, 5.74) is -1.24. The molecule has 0 aromatic carbocycles. The van der Waals surface area contributed by atoms with E-state index >= 15 is 0 Å². The highest BCUT2D eigenvalue weighted by molar-refractivity contribution is 6.21. The minimum atomic E-state index is -1.53. The Balaban J connectivity index is 1.78. The van der Waals surface area contributed by atoms with Crippen molar-refractivity contribution in [2.45, 2.75) is 57.4 Å². The van der Waals surface area contributed by atoms with E-state index < -0.39 is 23.4 Å². The second-order valence-electron chi connectivity index (χ2n) is 9.64. The average Bonchev–Trinajstić information content (AvgIpc) is 2.82. The molecule has 0 amide bonds. The summed E-state index contributed by atoms with van der Waals surface area (Å²) in [7, 11) is 0. The van der Waals surface area contributed by atoms with E-state index in [0.29, 0.717) is 6.42 Å². The minimum Gasteiger partial charge on any atom is -0.388 e. The zero-order valence-corrected chi connectivity index (χ0v) is 17.0. The molecule has 2 N–H and O–H groups in total. The maximum atomic E-state index is 12.6. The van der Waals surface area contributed by atoms with E-state index in [1.807, 2.05) is 19.9 Å². The predicted octanol–water partition coefficient (Wildman–Crippen LogP) is 3.05. The molecular weight excluding hydrogens is 364 g/mol. The van der Waals surface area contributed by atoms with Crippen molar-refractivity contribution < 1.29 is 19.8 Å². The van der Waals surface area contributed by atoms with Crippen molar-refractivity contribution in [2.24, 2.45) is 34.5 Å². The Morgan fingerprint density at radius 2 is 2.07 bits per heavy atom. The SMILES string of the molecule is C[C@H]1C[C@H]2[C@@H]3CCC4=CC(=O)C=C[C@]4(C)[C@H]3[C@@H](Cl)C[C@]2(C)[C@@]1(O)C(=O)CO. The smallest absolute Gasteiger partial charge is 0.190 e. The van der Waals surface area contributed by atoms with Crippen LogP contribution in [0.15, 0.2) is 23.8 Å². The van der Waals surface area contributed by atoms with Crippen LogP contribution in [0.1, 0.15) is 46.5 Å². The number of halogens is 1. The van der Waals surface area contributed by atoms with Gasteiger partial charge in [0.2, 0.25) is 0 Å². The van der Waals surface area contributed by atoms with Crippen LogP contribution >= 0.6 is 11.6 Å². The number of aliphatic hydroxyl groups excluding tert-OH is 1. The van der Waals surface area contributed by atoms with Crippen LogP contribution in [0.4, 0.5) is 0 Å². The van der Waals surface area contributed by atoms with Crippen molar-refractivity contribution >= 4 is 23.2 Å². The first-order valence-corrected chi connectivity index (χ1v) is 10.5. The van der Waals surface area contributed by atoms with E-state index in [-0.39, 0.29) is 40.2 Å². The Labute approximate surface area is 165 Å². The van der Waals surface area contributed by atoms with Gasteiger partial charge in [-0.3, -0.25) is 9.59 Å². The molecule has 8 atom stereocenters. The number of ketones is 2. The van der Waals surface area contributed by atoms with Gasteiger partial charge in [0, 0.05) is 16.2 Å². The third kappa shape index (κ3) is 2.30. The fraction of sp³-hybridized carbons (Fsp3) is 0.727. The number of carbonyl (C=O) groups is 2. The van der Waals surface area contributed by atoms with E-state index in [4.69, 9.17) is 11.6 Å². The summed E-state index contributed by atoms with van der Waals surface area (Å²) >= 11 is 6.98. The van der Waals surface area contributed by atoms with Crippen LogP contribution in [-0.2, 0) is 9.59 Å². The molecule has 0 bridgehead atoms. The lowest BCUT2D eigenvalue weighted by atomic mass is 9.47. The van der Waals surface area contributed by atoms with Crippen molar-refractivity contribution in [3.05, 3.63) is 23.8 Å². The molecule has 27 heavy (non-hydrogen) atoms. The lowest BCUT2D eigenvalue weighted by Gasteiger charge is -2.59. The zero-order chi connectivity index (χ0) is 19.8. The molecule has 0 radical (unpaired) electrons. The monoisotopic (exact) mass is 392 g/mol. The minimum absolute atomic E-state index is 0.0464. The summed E-state index contributed by atoms with van der Waals surface area (Å²) < 4.78 is 0. The van der Waals surface area contributed by atoms with Gasteiger partial charge in [-0.15, -0.1) is 11.6 Å². The first kappa shape index (κ1) is 19.4. The molecule has 0 aromatic heterocycles. The highest BCUT2D eigenvalue weighted by Gasteiger charge is 2.70. The number of alkyl halides is 1. The molecule has 3 fully saturated rings. The largest absolute Gasteiger partial charge is 0.388 e. The van der Waals surface area contributed by atoms with Crippen molar-refractivity contribution in [1.82, 2.24) is 0 Å². The van der Waals surface area contributed by atoms with Crippen LogP contribution in [0, 0.1) is 34.5 Å². The van der Waals surface area contributed by atoms with Gasteiger partial charge in [-0.2, -0.15) is 0 Å². The number of Topliss-reactive ketones (excluding diaryl/α,β-unsaturated/α-hetero) is 1. The summed E-state index contributed by atoms with van der Waals surface area (Å²) in [6.07, 6.45) is 8.54. The molecular formula is C22H29ClO4. The molecule has 3 saturated carbocycles. The highest BCUT2D eigenvalue weighted by Crippen LogP contribution is 2.69. The summed E-state index contributed by atoms with van der Waals surface area (Å²) in [6.45, 7) is 5.46. The van der Waals surface area contributed by atoms with Gasteiger partial charge >= 0.3 is 0 Å². The van der Waals surface area contributed by atoms with Gasteiger partial charge in [0.05, 0.1) is 0 Å². The van der Waals surface area contributed by atoms with E-state index in [2.05, 4.69) is 6.92 Å². The molecule has 4 rings (SSSR count). The zero-order valence-electron chi connectivity index (χ0n) is 16.2. The van der Waals surface area contributed by atoms with Gasteiger partial charge in [0.15, 0.2) is 11.6 Å². The Kier molecular flexibility index (Phi) is 4.31. The van der Waals surface area contributed by atoms with Crippen LogP contribution in [0.25, 0.3) is 0 Å². The quantitative estimate of drug-likeness (QED) is 0.708. The Morgan fingerprint density at radius 3 is 2.74 bits per heavy atom. The first-order valence-electron chi connectivity index (χ1n) is 10.0. The number of hydrogen-bond donors (Lipinski definition) is 2. The number of aliphatic hydroxyl groups is 2. The standard InChI is InChI=1S/C22H29ClO4/c1-12-8-16-15-5-4-13-9-14(25)6-7-20(13,2)19(15)17(23)10-21(16,3)22(12,27)18(26)11-24/h6-7,9,12,15-17,19,24,27H,4-5,8,10-11H2,1-3H3/t12-,15-,16-,17-,19+,20-,21-,22-/m0/s1. The Bertz CT molecular complexity index is 757. The van der Waals surface area contributed by atoms with Crippen LogP contribution in [-0.4, -0.2) is 39.4 Å². The van der Waals surface area contributed by atoms with Gasteiger partial charge in [0.25, 0.3) is 0 Å². The topological polar surface area (TPSA) is 74.6 Å². The number of allylic oxidation sites excluding steroid dienone is 4. The van der Waals surface area contributed by atoms with Crippen LogP contribution in [0.2, 0.25) is 0 Å². The fourth-order valence-electron chi connectivity index (χ4n) is 7.30. The van der Waals surface area contributed by atoms with E-state index in [0.717, 1.165) is 19.3 Å². The van der Waals surface area contributed by atoms with E-state index in [1.54, 1.807) is 12.2 Å². The van der Waals surface area contributed by atoms with Crippen molar-refractivity contribution in [2.75, 3.05) is 6.61 Å². The summed E-state index contributed by atoms with van der Waals surface area (Å²) in [5.74, 6) is 0.00756. The van der Waals surface area contributed by atoms with Crippen molar-refractivity contribution in [1.29, 1.82) is 0 Å². The highest BCUT2D eigenvalue weighted by atomic mass is 35.5. The normalized spacial score (nSPS) is 51.3. The molecule has 4 aliphatic rings. The molecule has 5 heteroatoms. The molecule has 0 heterocycles. The number of fused-ring (bicyclic) bond motifs is 5. The van der Waals surface area contributed by atoms with Gasteiger partial charge in [-0.1, -0.05) is 32.4 Å². The van der Waals surface area contributed by atoms with Gasteiger partial charge in [0.1, 0.15) is 12.2 Å². The van der Waals surface area contributed by atoms with E-state index in [9.17, 15) is 19.8 Å². The lowest BCUT2D eigenvalue weighted by Crippen LogP contribution is -2.62. The molecule has 0 aromatic rings. The van der Waals surface area contributed by atoms with E-state index in [1.165, 1.54) is 5.57 Å². The molecule has 0 aliphatic heterocycles. The Morgan fingerprint density at radius 1 is 1.37 bits per heavy atom. The van der Waals surface area contributed by atoms with Crippen molar-refractivity contribution in [3.63, 3.8) is 0 Å². The third-order valence-electron chi connectivity index (χ3n) is 8.61. The van der Waals surface area contributed by atoms with Crippen LogP contribution in [0.3, 0.4) is 0 Å². The second kappa shape index (κ2) is 6.01. The van der Waals surface area contributed by atoms with Gasteiger partial charge in [-0.05, 0) is 61.5 Å². The molecule has 0 saturated heterocycles. The maximum absolute atomic E-state index is 12.6. The maximum Gasteiger partial charge on any atom is 0.190 e. The summed E-state index contributed by atoms with van der Waals surface area (Å²) in [6, 6.07) is 0. The van der Waals surface area contributed by atoms with Gasteiger partial charge in [-0.25, -0.2) is 0 Å². The predicted molar refractivity (Wildman–Crippen MR) is 103 cm³/mol. The average molecular weight is 393 g/mol. The fourth-order valence-corrected chi connectivity index (χ4v) is 8.07. The first-order chi connectivity index (χ1) is 12.6. The van der Waals surface area contributed by atoms with Gasteiger partial charge < -0.3 is 10.2 Å².